The lowest BCUT2D eigenvalue weighted by Gasteiger charge is -2.28. The van der Waals surface area contributed by atoms with Crippen LogP contribution in [0.1, 0.15) is 35.3 Å². The Morgan fingerprint density at radius 2 is 2.04 bits per heavy atom. The molecule has 0 saturated heterocycles. The lowest BCUT2D eigenvalue weighted by Crippen LogP contribution is -2.31. The minimum absolute atomic E-state index is 0.156. The van der Waals surface area contributed by atoms with Crippen LogP contribution in [-0.4, -0.2) is 31.8 Å². The average molecular weight is 389 g/mol. The monoisotopic (exact) mass is 389 g/mol. The first-order valence-electron chi connectivity index (χ1n) is 7.99. The van der Waals surface area contributed by atoms with Gasteiger partial charge >= 0.3 is 10.2 Å². The van der Waals surface area contributed by atoms with Gasteiger partial charge < -0.3 is 16.2 Å². The number of nitrogens with zero attached hydrogens (tertiary/aromatic N) is 2. The third-order valence-electron chi connectivity index (χ3n) is 4.14. The predicted molar refractivity (Wildman–Crippen MR) is 101 cm³/mol. The number of nitrogens with two attached hydrogens (primary N) is 2. The number of fused-ring (bicyclic) bond motifs is 1. The zero-order valence-electron chi connectivity index (χ0n) is 14.8. The molecule has 0 unspecified atom stereocenters. The van der Waals surface area contributed by atoms with Crippen LogP contribution in [0.2, 0.25) is 0 Å². The fraction of sp³-hybridized carbons (Fsp3) is 0.235. The quantitative estimate of drug-likeness (QED) is 0.692. The molecule has 2 aromatic rings. The van der Waals surface area contributed by atoms with E-state index in [1.54, 1.807) is 30.5 Å². The molecule has 0 radical (unpaired) electrons. The smallest absolute Gasteiger partial charge is 0.344 e. The van der Waals surface area contributed by atoms with Crippen LogP contribution < -0.4 is 20.9 Å². The number of pyridine rings is 1. The van der Waals surface area contributed by atoms with Gasteiger partial charge in [0, 0.05) is 23.4 Å². The number of carbonyl (C=O) groups is 1. The van der Waals surface area contributed by atoms with Crippen LogP contribution in [0, 0.1) is 0 Å². The molecule has 1 aromatic heterocycles. The summed E-state index contributed by atoms with van der Waals surface area (Å²) < 4.78 is 35.0. The van der Waals surface area contributed by atoms with Crippen molar-refractivity contribution in [3.8, 4) is 5.75 Å². The number of aromatic nitrogens is 1. The van der Waals surface area contributed by atoms with Crippen LogP contribution in [0.25, 0.3) is 0 Å². The van der Waals surface area contributed by atoms with Crippen molar-refractivity contribution in [3.05, 3.63) is 53.3 Å². The summed E-state index contributed by atoms with van der Waals surface area (Å²) in [5.41, 5.74) is 12.3. The second kappa shape index (κ2) is 6.54. The Kier molecular flexibility index (Phi) is 4.52. The van der Waals surface area contributed by atoms with E-state index in [-0.39, 0.29) is 18.1 Å². The van der Waals surface area contributed by atoms with Crippen molar-refractivity contribution in [1.29, 1.82) is 0 Å². The summed E-state index contributed by atoms with van der Waals surface area (Å²) in [5, 5.41) is 0. The van der Waals surface area contributed by atoms with E-state index in [1.165, 1.54) is 6.20 Å². The number of nitrogens with one attached hydrogen (secondary N) is 1. The third-order valence-corrected chi connectivity index (χ3v) is 5.06. The molecule has 0 saturated carbocycles. The van der Waals surface area contributed by atoms with E-state index in [0.29, 0.717) is 22.4 Å². The van der Waals surface area contributed by atoms with Crippen molar-refractivity contribution >= 4 is 27.6 Å². The Hall–Kier alpha value is -3.14. The maximum absolute atomic E-state index is 11.7. The van der Waals surface area contributed by atoms with Crippen molar-refractivity contribution in [1.82, 2.24) is 4.98 Å². The minimum Gasteiger partial charge on any atom is -0.492 e. The Balaban J connectivity index is 1.92. The van der Waals surface area contributed by atoms with Gasteiger partial charge in [-0.05, 0) is 23.8 Å². The molecule has 0 aliphatic carbocycles. The zero-order valence-corrected chi connectivity index (χ0v) is 15.6. The number of benzene rings is 1. The van der Waals surface area contributed by atoms with E-state index >= 15 is 0 Å². The van der Waals surface area contributed by atoms with E-state index in [1.807, 2.05) is 13.8 Å². The first-order valence-corrected chi connectivity index (χ1v) is 9.43. The van der Waals surface area contributed by atoms with Crippen molar-refractivity contribution in [2.45, 2.75) is 19.3 Å². The number of amidine groups is 1. The summed E-state index contributed by atoms with van der Waals surface area (Å²) in [6.07, 6.45) is 3.07. The fourth-order valence-electron chi connectivity index (χ4n) is 2.82. The normalized spacial score (nSPS) is 15.3. The number of hydrogen-bond acceptors (Lipinski definition) is 6. The molecule has 1 aliphatic heterocycles. The summed E-state index contributed by atoms with van der Waals surface area (Å²) >= 11 is 0. The number of carbonyl (C=O) groups excluding carboxylic acids is 1. The second-order valence-electron chi connectivity index (χ2n) is 6.69. The summed E-state index contributed by atoms with van der Waals surface area (Å²) in [4.78, 5) is 15.8. The van der Waals surface area contributed by atoms with Crippen molar-refractivity contribution in [3.63, 3.8) is 0 Å². The highest BCUT2D eigenvalue weighted by atomic mass is 32.2. The standard InChI is InChI=1S/C17H19N5O4S/c1-17(2,11-8-20-7-6-10(11)16(19)23)9-26-13-5-3-4-12-14(13)15(18)22-27(24,25)21-12/h3-8,21H,9H2,1-2H3,(H2,18,22)(H2,19,23). The number of hydrogen-bond donors (Lipinski definition) is 3. The van der Waals surface area contributed by atoms with E-state index in [2.05, 4.69) is 14.1 Å². The SMILES string of the molecule is CC(C)(COc1cccc2c1C(N)=NS(=O)(=O)N2)c1cnccc1C(N)=O. The van der Waals surface area contributed by atoms with Crippen LogP contribution in [0.3, 0.4) is 0 Å². The zero-order chi connectivity index (χ0) is 19.8. The highest BCUT2D eigenvalue weighted by Crippen LogP contribution is 2.33. The predicted octanol–water partition coefficient (Wildman–Crippen LogP) is 0.913. The molecule has 1 aromatic carbocycles. The topological polar surface area (TPSA) is 150 Å². The third kappa shape index (κ3) is 3.70. The Bertz CT molecular complexity index is 1050. The minimum atomic E-state index is -3.87. The van der Waals surface area contributed by atoms with Gasteiger partial charge in [-0.25, -0.2) is 0 Å². The molecular weight excluding hydrogens is 370 g/mol. The number of primary amides is 1. The van der Waals surface area contributed by atoms with Crippen LogP contribution in [-0.2, 0) is 15.6 Å². The molecule has 3 rings (SSSR count). The highest BCUT2D eigenvalue weighted by Gasteiger charge is 2.29. The molecule has 0 fully saturated rings. The fourth-order valence-corrected chi connectivity index (χ4v) is 3.67. The van der Waals surface area contributed by atoms with Gasteiger partial charge in [-0.15, -0.1) is 4.40 Å². The summed E-state index contributed by atoms with van der Waals surface area (Å²) in [5.74, 6) is -0.339. The molecule has 5 N–H and O–H groups in total. The van der Waals surface area contributed by atoms with Gasteiger partial charge in [-0.1, -0.05) is 19.9 Å². The summed E-state index contributed by atoms with van der Waals surface area (Å²) in [6.45, 7) is 3.92. The Morgan fingerprint density at radius 1 is 1.30 bits per heavy atom. The molecule has 9 nitrogen and oxygen atoms in total. The molecule has 2 heterocycles. The first kappa shape index (κ1) is 18.6. The molecule has 0 atom stereocenters. The lowest BCUT2D eigenvalue weighted by molar-refractivity contribution is 0.0997. The van der Waals surface area contributed by atoms with E-state index in [0.717, 1.165) is 0 Å². The Labute approximate surface area is 156 Å². The van der Waals surface area contributed by atoms with Crippen LogP contribution in [0.4, 0.5) is 5.69 Å². The first-order chi connectivity index (χ1) is 12.6. The molecule has 27 heavy (non-hydrogen) atoms. The molecular formula is C17H19N5O4S. The van der Waals surface area contributed by atoms with Gasteiger partial charge in [0.05, 0.1) is 17.9 Å². The number of anilines is 1. The lowest BCUT2D eigenvalue weighted by atomic mass is 9.83. The maximum atomic E-state index is 11.7. The average Bonchev–Trinajstić information content (AvgIpc) is 2.58. The van der Waals surface area contributed by atoms with Gasteiger partial charge in [0.15, 0.2) is 5.84 Å². The van der Waals surface area contributed by atoms with Crippen LogP contribution in [0.15, 0.2) is 41.1 Å². The van der Waals surface area contributed by atoms with E-state index in [4.69, 9.17) is 16.2 Å². The van der Waals surface area contributed by atoms with Gasteiger partial charge in [-0.3, -0.25) is 14.5 Å². The van der Waals surface area contributed by atoms with E-state index in [9.17, 15) is 13.2 Å². The van der Waals surface area contributed by atoms with Crippen molar-refractivity contribution < 1.29 is 17.9 Å². The van der Waals surface area contributed by atoms with Gasteiger partial charge in [0.1, 0.15) is 5.75 Å². The number of ether oxygens (including phenoxy) is 1. The molecule has 1 aliphatic rings. The molecule has 0 spiro atoms. The number of amides is 1. The molecule has 1 amide bonds. The maximum Gasteiger partial charge on any atom is 0.344 e. The summed E-state index contributed by atoms with van der Waals surface area (Å²) in [6, 6.07) is 6.43. The largest absolute Gasteiger partial charge is 0.492 e. The van der Waals surface area contributed by atoms with E-state index < -0.39 is 21.5 Å². The molecule has 10 heteroatoms. The van der Waals surface area contributed by atoms with Gasteiger partial charge in [-0.2, -0.15) is 8.42 Å². The second-order valence-corrected chi connectivity index (χ2v) is 8.03. The van der Waals surface area contributed by atoms with Crippen molar-refractivity contribution in [2.24, 2.45) is 15.9 Å². The van der Waals surface area contributed by atoms with Crippen LogP contribution in [0.5, 0.6) is 5.75 Å². The highest BCUT2D eigenvalue weighted by molar-refractivity contribution is 7.91. The Morgan fingerprint density at radius 3 is 2.74 bits per heavy atom. The number of rotatable bonds is 5. The molecule has 0 bridgehead atoms. The van der Waals surface area contributed by atoms with Gasteiger partial charge in [0.2, 0.25) is 5.91 Å². The molecule has 142 valence electrons. The van der Waals surface area contributed by atoms with Gasteiger partial charge in [0.25, 0.3) is 0 Å². The summed E-state index contributed by atoms with van der Waals surface area (Å²) in [7, 11) is -3.87. The van der Waals surface area contributed by atoms with Crippen molar-refractivity contribution in [2.75, 3.05) is 11.3 Å². The van der Waals surface area contributed by atoms with Crippen LogP contribution >= 0.6 is 0 Å².